The van der Waals surface area contributed by atoms with Gasteiger partial charge in [-0.2, -0.15) is 5.26 Å². The molecule has 1 heterocycles. The summed E-state index contributed by atoms with van der Waals surface area (Å²) < 4.78 is 0. The molecule has 1 saturated heterocycles. The molecule has 0 radical (unpaired) electrons. The highest BCUT2D eigenvalue weighted by Crippen LogP contribution is 2.29. The Morgan fingerprint density at radius 2 is 2.00 bits per heavy atom. The summed E-state index contributed by atoms with van der Waals surface area (Å²) in [4.78, 5) is 14.8. The van der Waals surface area contributed by atoms with E-state index in [1.165, 1.54) is 12.1 Å². The fourth-order valence-electron chi connectivity index (χ4n) is 2.05. The molecule has 0 N–H and O–H groups in total. The molecule has 0 saturated carbocycles. The molecule has 0 aromatic heterocycles. The summed E-state index contributed by atoms with van der Waals surface area (Å²) in [5.74, 6) is 0. The van der Waals surface area contributed by atoms with Crippen LogP contribution < -0.4 is 4.90 Å². The minimum Gasteiger partial charge on any atom is -0.363 e. The molecule has 6 heteroatoms. The maximum atomic E-state index is 11.0. The first-order chi connectivity index (χ1) is 8.61. The molecule has 1 fully saturated rings. The van der Waals surface area contributed by atoms with Gasteiger partial charge >= 0.3 is 0 Å². The summed E-state index contributed by atoms with van der Waals surface area (Å²) >= 11 is 0. The van der Waals surface area contributed by atoms with E-state index in [4.69, 9.17) is 5.26 Å². The monoisotopic (exact) mass is 246 g/mol. The van der Waals surface area contributed by atoms with Crippen LogP contribution in [-0.4, -0.2) is 43.0 Å². The molecule has 0 spiro atoms. The Balaban J connectivity index is 2.35. The first-order valence-electron chi connectivity index (χ1n) is 5.74. The second kappa shape index (κ2) is 5.02. The number of anilines is 1. The van der Waals surface area contributed by atoms with Gasteiger partial charge in [-0.1, -0.05) is 0 Å². The number of nitriles is 1. The van der Waals surface area contributed by atoms with Crippen molar-refractivity contribution < 1.29 is 4.92 Å². The molecule has 1 aromatic rings. The third kappa shape index (κ3) is 2.41. The maximum absolute atomic E-state index is 11.0. The van der Waals surface area contributed by atoms with Crippen LogP contribution in [0.15, 0.2) is 18.2 Å². The van der Waals surface area contributed by atoms with Gasteiger partial charge < -0.3 is 9.80 Å². The van der Waals surface area contributed by atoms with Crippen LogP contribution in [0.3, 0.4) is 0 Å². The van der Waals surface area contributed by atoms with Crippen LogP contribution in [0.2, 0.25) is 0 Å². The Morgan fingerprint density at radius 3 is 2.56 bits per heavy atom. The van der Waals surface area contributed by atoms with E-state index >= 15 is 0 Å². The predicted molar refractivity (Wildman–Crippen MR) is 67.5 cm³/mol. The van der Waals surface area contributed by atoms with Gasteiger partial charge in [0.2, 0.25) is 0 Å². The standard InChI is InChI=1S/C12H14N4O2/c1-14-4-6-15(7-5-14)12-8-10(9-13)2-3-11(12)16(17)18/h2-3,8H,4-7H2,1H3. The number of hydrogen-bond acceptors (Lipinski definition) is 5. The number of nitrogens with zero attached hydrogens (tertiary/aromatic N) is 4. The molecular formula is C12H14N4O2. The largest absolute Gasteiger partial charge is 0.363 e. The zero-order valence-electron chi connectivity index (χ0n) is 10.2. The van der Waals surface area contributed by atoms with Crippen LogP contribution in [-0.2, 0) is 0 Å². The molecule has 2 rings (SSSR count). The molecule has 0 aliphatic carbocycles. The number of likely N-dealkylation sites (N-methyl/N-ethyl adjacent to an activating group) is 1. The van der Waals surface area contributed by atoms with Gasteiger partial charge in [0.1, 0.15) is 5.69 Å². The smallest absolute Gasteiger partial charge is 0.292 e. The Bertz CT molecular complexity index is 501. The molecule has 0 unspecified atom stereocenters. The van der Waals surface area contributed by atoms with Crippen LogP contribution in [0.25, 0.3) is 0 Å². The maximum Gasteiger partial charge on any atom is 0.292 e. The van der Waals surface area contributed by atoms with Gasteiger partial charge in [-0.05, 0) is 19.2 Å². The predicted octanol–water partition coefficient (Wildman–Crippen LogP) is 1.22. The Kier molecular flexibility index (Phi) is 3.44. The molecule has 1 aliphatic rings. The summed E-state index contributed by atoms with van der Waals surface area (Å²) in [5.41, 5.74) is 1.07. The van der Waals surface area contributed by atoms with E-state index in [2.05, 4.69) is 4.90 Å². The Labute approximate surface area is 105 Å². The topological polar surface area (TPSA) is 73.4 Å². The first kappa shape index (κ1) is 12.3. The molecule has 0 bridgehead atoms. The Morgan fingerprint density at radius 1 is 1.33 bits per heavy atom. The van der Waals surface area contributed by atoms with Gasteiger partial charge in [0.05, 0.1) is 16.6 Å². The normalized spacial score (nSPS) is 16.3. The van der Waals surface area contributed by atoms with E-state index in [1.54, 1.807) is 6.07 Å². The van der Waals surface area contributed by atoms with E-state index in [1.807, 2.05) is 18.0 Å². The van der Waals surface area contributed by atoms with E-state index < -0.39 is 4.92 Å². The van der Waals surface area contributed by atoms with Gasteiger partial charge in [0, 0.05) is 32.2 Å². The quantitative estimate of drug-likeness (QED) is 0.579. The highest BCUT2D eigenvalue weighted by Gasteiger charge is 2.22. The summed E-state index contributed by atoms with van der Waals surface area (Å²) in [7, 11) is 2.03. The summed E-state index contributed by atoms with van der Waals surface area (Å²) in [6.07, 6.45) is 0. The van der Waals surface area contributed by atoms with Crippen molar-refractivity contribution in [1.82, 2.24) is 4.90 Å². The van der Waals surface area contributed by atoms with Crippen LogP contribution in [0.1, 0.15) is 5.56 Å². The molecule has 1 aliphatic heterocycles. The molecule has 18 heavy (non-hydrogen) atoms. The lowest BCUT2D eigenvalue weighted by Gasteiger charge is -2.33. The van der Waals surface area contributed by atoms with Gasteiger partial charge in [-0.15, -0.1) is 0 Å². The van der Waals surface area contributed by atoms with E-state index in [9.17, 15) is 10.1 Å². The lowest BCUT2D eigenvalue weighted by molar-refractivity contribution is -0.384. The van der Waals surface area contributed by atoms with Crippen LogP contribution >= 0.6 is 0 Å². The lowest BCUT2D eigenvalue weighted by Crippen LogP contribution is -2.44. The average molecular weight is 246 g/mol. The van der Waals surface area contributed by atoms with E-state index in [-0.39, 0.29) is 5.69 Å². The molecule has 0 amide bonds. The number of nitro benzene ring substituents is 1. The molecule has 94 valence electrons. The fourth-order valence-corrected chi connectivity index (χ4v) is 2.05. The number of hydrogen-bond donors (Lipinski definition) is 0. The lowest BCUT2D eigenvalue weighted by atomic mass is 10.1. The van der Waals surface area contributed by atoms with Crippen LogP contribution in [0.5, 0.6) is 0 Å². The number of nitro groups is 1. The first-order valence-corrected chi connectivity index (χ1v) is 5.74. The second-order valence-electron chi connectivity index (χ2n) is 4.36. The second-order valence-corrected chi connectivity index (χ2v) is 4.36. The van der Waals surface area contributed by atoms with Crippen molar-refractivity contribution in [2.75, 3.05) is 38.1 Å². The zero-order valence-corrected chi connectivity index (χ0v) is 10.2. The zero-order chi connectivity index (χ0) is 13.1. The minimum atomic E-state index is -0.394. The van der Waals surface area contributed by atoms with Crippen molar-refractivity contribution in [1.29, 1.82) is 5.26 Å². The summed E-state index contributed by atoms with van der Waals surface area (Å²) in [5, 5.41) is 19.9. The third-order valence-corrected chi connectivity index (χ3v) is 3.15. The highest BCUT2D eigenvalue weighted by atomic mass is 16.6. The summed E-state index contributed by atoms with van der Waals surface area (Å²) in [6, 6.07) is 6.52. The fraction of sp³-hybridized carbons (Fsp3) is 0.417. The van der Waals surface area contributed by atoms with E-state index in [0.29, 0.717) is 11.3 Å². The van der Waals surface area contributed by atoms with Gasteiger partial charge in [-0.25, -0.2) is 0 Å². The van der Waals surface area contributed by atoms with Gasteiger partial charge in [0.15, 0.2) is 0 Å². The molecule has 1 aromatic carbocycles. The van der Waals surface area contributed by atoms with Crippen molar-refractivity contribution >= 4 is 11.4 Å². The van der Waals surface area contributed by atoms with Crippen LogP contribution in [0, 0.1) is 21.4 Å². The number of rotatable bonds is 2. The van der Waals surface area contributed by atoms with E-state index in [0.717, 1.165) is 26.2 Å². The van der Waals surface area contributed by atoms with Crippen molar-refractivity contribution in [3.05, 3.63) is 33.9 Å². The summed E-state index contributed by atoms with van der Waals surface area (Å²) in [6.45, 7) is 3.22. The number of benzene rings is 1. The van der Waals surface area contributed by atoms with Gasteiger partial charge in [0.25, 0.3) is 5.69 Å². The van der Waals surface area contributed by atoms with Crippen LogP contribution in [0.4, 0.5) is 11.4 Å². The SMILES string of the molecule is CN1CCN(c2cc(C#N)ccc2[N+](=O)[O-])CC1. The van der Waals surface area contributed by atoms with Crippen molar-refractivity contribution in [3.63, 3.8) is 0 Å². The highest BCUT2D eigenvalue weighted by molar-refractivity contribution is 5.66. The van der Waals surface area contributed by atoms with Crippen molar-refractivity contribution in [3.8, 4) is 6.07 Å². The third-order valence-electron chi connectivity index (χ3n) is 3.15. The molecular weight excluding hydrogens is 232 g/mol. The Hall–Kier alpha value is -2.13. The average Bonchev–Trinajstić information content (AvgIpc) is 2.38. The number of piperazine rings is 1. The van der Waals surface area contributed by atoms with Crippen molar-refractivity contribution in [2.24, 2.45) is 0 Å². The molecule has 6 nitrogen and oxygen atoms in total. The van der Waals surface area contributed by atoms with Gasteiger partial charge in [-0.3, -0.25) is 10.1 Å². The van der Waals surface area contributed by atoms with Crippen molar-refractivity contribution in [2.45, 2.75) is 0 Å². The molecule has 0 atom stereocenters. The minimum absolute atomic E-state index is 0.0681.